The lowest BCUT2D eigenvalue weighted by molar-refractivity contribution is 0.0937. The minimum absolute atomic E-state index is 0.0323. The summed E-state index contributed by atoms with van der Waals surface area (Å²) >= 11 is 0. The number of carbonyl (C=O) groups excluding carboxylic acids is 1. The zero-order valence-electron chi connectivity index (χ0n) is 15.8. The van der Waals surface area contributed by atoms with E-state index in [1.54, 1.807) is 6.20 Å². The molecule has 0 aliphatic carbocycles. The van der Waals surface area contributed by atoms with Gasteiger partial charge in [-0.25, -0.2) is 0 Å². The number of aromatic nitrogens is 2. The van der Waals surface area contributed by atoms with E-state index >= 15 is 0 Å². The van der Waals surface area contributed by atoms with E-state index in [9.17, 15) is 4.79 Å². The Morgan fingerprint density at radius 1 is 1.20 bits per heavy atom. The fraction of sp³-hybridized carbons (Fsp3) is 0.500. The zero-order chi connectivity index (χ0) is 18.2. The molecule has 0 bridgehead atoms. The van der Waals surface area contributed by atoms with E-state index in [2.05, 4.69) is 55.1 Å². The van der Waals surface area contributed by atoms with Crippen LogP contribution in [-0.4, -0.2) is 46.3 Å². The van der Waals surface area contributed by atoms with Crippen molar-refractivity contribution in [1.29, 1.82) is 0 Å². The maximum absolute atomic E-state index is 12.6. The van der Waals surface area contributed by atoms with Crippen molar-refractivity contribution in [2.75, 3.05) is 19.6 Å². The number of hydrogen-bond donors (Lipinski definition) is 1. The van der Waals surface area contributed by atoms with Gasteiger partial charge in [0.05, 0.1) is 24.0 Å². The maximum Gasteiger partial charge on any atom is 0.254 e. The average Bonchev–Trinajstić information content (AvgIpc) is 3.04. The lowest BCUT2D eigenvalue weighted by Gasteiger charge is -2.26. The normalized spacial score (nSPS) is 12.4. The van der Waals surface area contributed by atoms with Gasteiger partial charge in [-0.3, -0.25) is 14.4 Å². The van der Waals surface area contributed by atoms with E-state index < -0.39 is 0 Å². The van der Waals surface area contributed by atoms with Crippen LogP contribution in [0.3, 0.4) is 0 Å². The molecule has 0 radical (unpaired) electrons. The van der Waals surface area contributed by atoms with E-state index in [-0.39, 0.29) is 5.91 Å². The molecule has 1 amide bonds. The van der Waals surface area contributed by atoms with Crippen LogP contribution in [0.1, 0.15) is 49.3 Å². The largest absolute Gasteiger partial charge is 0.350 e. The molecule has 1 atom stereocenters. The van der Waals surface area contributed by atoms with Crippen LogP contribution >= 0.6 is 0 Å². The van der Waals surface area contributed by atoms with Crippen molar-refractivity contribution in [3.63, 3.8) is 0 Å². The van der Waals surface area contributed by atoms with Crippen LogP contribution in [0.2, 0.25) is 0 Å². The van der Waals surface area contributed by atoms with Gasteiger partial charge in [0.2, 0.25) is 0 Å². The minimum atomic E-state index is -0.0323. The summed E-state index contributed by atoms with van der Waals surface area (Å²) < 4.78 is 1.93. The molecule has 5 nitrogen and oxygen atoms in total. The highest BCUT2D eigenvalue weighted by Gasteiger charge is 2.18. The summed E-state index contributed by atoms with van der Waals surface area (Å²) in [5.74, 6) is -0.0323. The zero-order valence-corrected chi connectivity index (χ0v) is 15.8. The van der Waals surface area contributed by atoms with Gasteiger partial charge in [0.15, 0.2) is 0 Å². The van der Waals surface area contributed by atoms with Crippen molar-refractivity contribution < 1.29 is 4.79 Å². The lowest BCUT2D eigenvalue weighted by atomic mass is 10.1. The number of nitrogens with zero attached hydrogens (tertiary/aromatic N) is 3. The van der Waals surface area contributed by atoms with E-state index in [1.165, 1.54) is 5.56 Å². The molecular weight excluding hydrogens is 312 g/mol. The molecule has 0 saturated carbocycles. The molecule has 25 heavy (non-hydrogen) atoms. The highest BCUT2D eigenvalue weighted by Crippen LogP contribution is 2.12. The third-order valence-electron chi connectivity index (χ3n) is 4.70. The smallest absolute Gasteiger partial charge is 0.254 e. The van der Waals surface area contributed by atoms with Gasteiger partial charge in [0.1, 0.15) is 0 Å². The van der Waals surface area contributed by atoms with Gasteiger partial charge in [-0.05, 0) is 32.0 Å². The molecule has 2 aromatic rings. The van der Waals surface area contributed by atoms with E-state index in [0.717, 1.165) is 25.2 Å². The molecule has 136 valence electrons. The first-order valence-electron chi connectivity index (χ1n) is 9.21. The van der Waals surface area contributed by atoms with Crippen LogP contribution < -0.4 is 5.32 Å². The van der Waals surface area contributed by atoms with Gasteiger partial charge in [-0.15, -0.1) is 0 Å². The van der Waals surface area contributed by atoms with Crippen molar-refractivity contribution in [1.82, 2.24) is 20.0 Å². The molecule has 5 heteroatoms. The van der Waals surface area contributed by atoms with E-state index in [4.69, 9.17) is 0 Å². The Balaban J connectivity index is 2.05. The first kappa shape index (κ1) is 19.2. The summed E-state index contributed by atoms with van der Waals surface area (Å²) in [6, 6.07) is 10.5. The van der Waals surface area contributed by atoms with E-state index in [1.807, 2.05) is 22.9 Å². The van der Waals surface area contributed by atoms with Crippen molar-refractivity contribution in [2.24, 2.45) is 0 Å². The second kappa shape index (κ2) is 9.37. The number of hydrogen-bond acceptors (Lipinski definition) is 3. The van der Waals surface area contributed by atoms with Crippen molar-refractivity contribution in [2.45, 2.75) is 46.7 Å². The fourth-order valence-corrected chi connectivity index (χ4v) is 3.18. The summed E-state index contributed by atoms with van der Waals surface area (Å²) in [7, 11) is 0. The molecule has 0 aliphatic heterocycles. The van der Waals surface area contributed by atoms with Crippen LogP contribution in [0.25, 0.3) is 0 Å². The molecule has 1 N–H and O–H groups in total. The summed E-state index contributed by atoms with van der Waals surface area (Å²) in [4.78, 5) is 14.9. The Labute approximate surface area is 151 Å². The number of nitrogens with one attached hydrogen (secondary N) is 1. The lowest BCUT2D eigenvalue weighted by Crippen LogP contribution is -2.42. The molecule has 2 rings (SSSR count). The number of amides is 1. The predicted octanol–water partition coefficient (Wildman–Crippen LogP) is 2.95. The number of carbonyl (C=O) groups is 1. The Bertz CT molecular complexity index is 662. The highest BCUT2D eigenvalue weighted by atomic mass is 16.1. The fourth-order valence-electron chi connectivity index (χ4n) is 3.18. The van der Waals surface area contributed by atoms with Gasteiger partial charge < -0.3 is 5.32 Å². The first-order valence-corrected chi connectivity index (χ1v) is 9.21. The van der Waals surface area contributed by atoms with Crippen molar-refractivity contribution >= 4 is 5.91 Å². The molecule has 1 unspecified atom stereocenters. The monoisotopic (exact) mass is 342 g/mol. The minimum Gasteiger partial charge on any atom is -0.350 e. The van der Waals surface area contributed by atoms with Crippen LogP contribution in [0, 0.1) is 0 Å². The van der Waals surface area contributed by atoms with Crippen LogP contribution in [0.4, 0.5) is 0 Å². The van der Waals surface area contributed by atoms with Gasteiger partial charge in [0, 0.05) is 12.6 Å². The summed E-state index contributed by atoms with van der Waals surface area (Å²) in [6.07, 6.45) is 2.47. The second-order valence-electron chi connectivity index (χ2n) is 6.28. The molecule has 1 heterocycles. The average molecular weight is 342 g/mol. The first-order chi connectivity index (χ1) is 12.1. The SMILES string of the molecule is CCc1c(C(=O)NCC(C)N(CC)CC)cnn1Cc1ccccc1. The maximum atomic E-state index is 12.6. The standard InChI is InChI=1S/C20H30N4O/c1-5-19-18(20(25)21-13-16(4)23(6-2)7-3)14-22-24(19)15-17-11-9-8-10-12-17/h8-12,14,16H,5-7,13,15H2,1-4H3,(H,21,25). The van der Waals surface area contributed by atoms with Crippen LogP contribution in [0.5, 0.6) is 0 Å². The number of benzene rings is 1. The Morgan fingerprint density at radius 3 is 2.48 bits per heavy atom. The summed E-state index contributed by atoms with van der Waals surface area (Å²) in [5.41, 5.74) is 2.85. The number of likely N-dealkylation sites (N-methyl/N-ethyl adjacent to an activating group) is 1. The quantitative estimate of drug-likeness (QED) is 0.762. The van der Waals surface area contributed by atoms with Crippen molar-refractivity contribution in [3.8, 4) is 0 Å². The highest BCUT2D eigenvalue weighted by molar-refractivity contribution is 5.95. The Kier molecular flexibility index (Phi) is 7.19. The molecule has 0 aliphatic rings. The Hall–Kier alpha value is -2.14. The Morgan fingerprint density at radius 2 is 1.88 bits per heavy atom. The molecule has 0 fully saturated rings. The number of rotatable bonds is 9. The van der Waals surface area contributed by atoms with Crippen LogP contribution in [0.15, 0.2) is 36.5 Å². The van der Waals surface area contributed by atoms with Gasteiger partial charge in [-0.1, -0.05) is 51.1 Å². The van der Waals surface area contributed by atoms with Gasteiger partial charge >= 0.3 is 0 Å². The van der Waals surface area contributed by atoms with E-state index in [0.29, 0.717) is 24.7 Å². The second-order valence-corrected chi connectivity index (χ2v) is 6.28. The van der Waals surface area contributed by atoms with Gasteiger partial charge in [-0.2, -0.15) is 5.10 Å². The third-order valence-corrected chi connectivity index (χ3v) is 4.70. The van der Waals surface area contributed by atoms with Crippen molar-refractivity contribution in [3.05, 3.63) is 53.3 Å². The molecule has 1 aromatic heterocycles. The third kappa shape index (κ3) is 4.92. The molecular formula is C20H30N4O. The summed E-state index contributed by atoms with van der Waals surface area (Å²) in [6.45, 7) is 11.8. The summed E-state index contributed by atoms with van der Waals surface area (Å²) in [5, 5.41) is 7.51. The molecule has 0 saturated heterocycles. The molecule has 1 aromatic carbocycles. The molecule has 0 spiro atoms. The van der Waals surface area contributed by atoms with Gasteiger partial charge in [0.25, 0.3) is 5.91 Å². The predicted molar refractivity (Wildman–Crippen MR) is 102 cm³/mol. The topological polar surface area (TPSA) is 50.2 Å². The van der Waals surface area contributed by atoms with Crippen LogP contribution in [-0.2, 0) is 13.0 Å².